The van der Waals surface area contributed by atoms with Crippen LogP contribution in [0.1, 0.15) is 18.4 Å². The Labute approximate surface area is 98.2 Å². The van der Waals surface area contributed by atoms with Crippen LogP contribution in [0, 0.1) is 0 Å². The number of hydrogen-bond acceptors (Lipinski definition) is 2. The van der Waals surface area contributed by atoms with Gasteiger partial charge in [-0.25, -0.2) is 0 Å². The van der Waals surface area contributed by atoms with Crippen molar-refractivity contribution >= 4 is 5.69 Å². The average Bonchev–Trinajstić information content (AvgIpc) is 2.29. The van der Waals surface area contributed by atoms with Gasteiger partial charge in [0, 0.05) is 18.3 Å². The zero-order valence-corrected chi connectivity index (χ0v) is 9.35. The topological polar surface area (TPSA) is 24.1 Å². The normalized spacial score (nSPS) is 21.2. The predicted octanol–water partition coefficient (Wildman–Crippen LogP) is 2.87. The van der Waals surface area contributed by atoms with Crippen molar-refractivity contribution in [3.63, 3.8) is 0 Å². The Balaban J connectivity index is 2.05. The van der Waals surface area contributed by atoms with Crippen LogP contribution in [0.3, 0.4) is 0 Å². The van der Waals surface area contributed by atoms with E-state index in [2.05, 4.69) is 10.6 Å². The van der Waals surface area contributed by atoms with Gasteiger partial charge in [0.25, 0.3) is 0 Å². The molecule has 1 fully saturated rings. The first-order valence-corrected chi connectivity index (χ1v) is 5.70. The lowest BCUT2D eigenvalue weighted by Gasteiger charge is -2.25. The predicted molar refractivity (Wildman–Crippen MR) is 61.0 cm³/mol. The van der Waals surface area contributed by atoms with E-state index in [-0.39, 0.29) is 6.04 Å². The third kappa shape index (κ3) is 3.36. The van der Waals surface area contributed by atoms with Gasteiger partial charge in [-0.3, -0.25) is 0 Å². The minimum absolute atomic E-state index is 0.215. The van der Waals surface area contributed by atoms with Gasteiger partial charge in [0.1, 0.15) is 0 Å². The fraction of sp³-hybridized carbons (Fsp3) is 0.500. The van der Waals surface area contributed by atoms with Crippen molar-refractivity contribution < 1.29 is 13.2 Å². The zero-order chi connectivity index (χ0) is 12.3. The summed E-state index contributed by atoms with van der Waals surface area (Å²) in [5.74, 6) is 0. The summed E-state index contributed by atoms with van der Waals surface area (Å²) in [4.78, 5) is 0. The Bertz CT molecular complexity index is 370. The largest absolute Gasteiger partial charge is 0.416 e. The van der Waals surface area contributed by atoms with Crippen LogP contribution in [0.4, 0.5) is 18.9 Å². The minimum Gasteiger partial charge on any atom is -0.381 e. The number of alkyl halides is 3. The monoisotopic (exact) mass is 244 g/mol. The number of nitrogens with one attached hydrogen (secondary N) is 2. The zero-order valence-electron chi connectivity index (χ0n) is 9.35. The maximum atomic E-state index is 12.5. The number of anilines is 1. The van der Waals surface area contributed by atoms with E-state index in [4.69, 9.17) is 0 Å². The number of piperidine rings is 1. The highest BCUT2D eigenvalue weighted by Crippen LogP contribution is 2.30. The van der Waals surface area contributed by atoms with Gasteiger partial charge >= 0.3 is 6.18 Å². The first-order chi connectivity index (χ1) is 8.05. The van der Waals surface area contributed by atoms with E-state index in [9.17, 15) is 13.2 Å². The fourth-order valence-electron chi connectivity index (χ4n) is 2.00. The molecule has 1 atom stereocenters. The second-order valence-electron chi connectivity index (χ2n) is 4.27. The second-order valence-corrected chi connectivity index (χ2v) is 4.27. The van der Waals surface area contributed by atoms with Crippen molar-refractivity contribution in [2.45, 2.75) is 25.1 Å². The first kappa shape index (κ1) is 12.2. The van der Waals surface area contributed by atoms with Crippen molar-refractivity contribution in [2.24, 2.45) is 0 Å². The molecule has 0 bridgehead atoms. The molecule has 1 aromatic carbocycles. The van der Waals surface area contributed by atoms with E-state index in [1.807, 2.05) is 0 Å². The summed E-state index contributed by atoms with van der Waals surface area (Å²) in [5.41, 5.74) is -0.0696. The molecule has 1 saturated heterocycles. The molecule has 1 heterocycles. The van der Waals surface area contributed by atoms with Crippen molar-refractivity contribution in [3.8, 4) is 0 Å². The van der Waals surface area contributed by atoms with Crippen LogP contribution in [-0.2, 0) is 6.18 Å². The van der Waals surface area contributed by atoms with Gasteiger partial charge in [0.05, 0.1) is 5.56 Å². The van der Waals surface area contributed by atoms with Gasteiger partial charge in [0.15, 0.2) is 0 Å². The number of halogens is 3. The summed E-state index contributed by atoms with van der Waals surface area (Å²) in [7, 11) is 0. The molecule has 17 heavy (non-hydrogen) atoms. The molecule has 2 nitrogen and oxygen atoms in total. The van der Waals surface area contributed by atoms with Crippen LogP contribution in [0.25, 0.3) is 0 Å². The molecule has 0 amide bonds. The van der Waals surface area contributed by atoms with Crippen LogP contribution >= 0.6 is 0 Å². The molecule has 0 saturated carbocycles. The quantitative estimate of drug-likeness (QED) is 0.836. The minimum atomic E-state index is -4.28. The van der Waals surface area contributed by atoms with E-state index in [1.165, 1.54) is 6.07 Å². The van der Waals surface area contributed by atoms with Gasteiger partial charge < -0.3 is 10.6 Å². The molecule has 0 spiro atoms. The number of rotatable bonds is 2. The van der Waals surface area contributed by atoms with E-state index in [0.717, 1.165) is 38.1 Å². The standard InChI is InChI=1S/C12H15F3N2/c13-12(14,15)9-3-1-4-10(7-9)17-11-5-2-6-16-8-11/h1,3-4,7,11,16-17H,2,5-6,8H2. The van der Waals surface area contributed by atoms with Crippen LogP contribution in [0.15, 0.2) is 24.3 Å². The van der Waals surface area contributed by atoms with Crippen LogP contribution in [-0.4, -0.2) is 19.1 Å². The summed E-state index contributed by atoms with van der Waals surface area (Å²) in [6.07, 6.45) is -2.23. The Hall–Kier alpha value is -1.23. The lowest BCUT2D eigenvalue weighted by Crippen LogP contribution is -2.38. The van der Waals surface area contributed by atoms with E-state index < -0.39 is 11.7 Å². The number of benzene rings is 1. The van der Waals surface area contributed by atoms with E-state index in [0.29, 0.717) is 5.69 Å². The lowest BCUT2D eigenvalue weighted by molar-refractivity contribution is -0.137. The van der Waals surface area contributed by atoms with E-state index >= 15 is 0 Å². The van der Waals surface area contributed by atoms with E-state index in [1.54, 1.807) is 6.07 Å². The van der Waals surface area contributed by atoms with Crippen molar-refractivity contribution in [3.05, 3.63) is 29.8 Å². The van der Waals surface area contributed by atoms with Gasteiger partial charge in [-0.05, 0) is 37.6 Å². The maximum Gasteiger partial charge on any atom is 0.416 e. The fourth-order valence-corrected chi connectivity index (χ4v) is 2.00. The lowest BCUT2D eigenvalue weighted by atomic mass is 10.1. The highest BCUT2D eigenvalue weighted by molar-refractivity contribution is 5.47. The van der Waals surface area contributed by atoms with Crippen molar-refractivity contribution in [1.29, 1.82) is 0 Å². The Kier molecular flexibility index (Phi) is 3.57. The third-order valence-electron chi connectivity index (χ3n) is 2.86. The summed E-state index contributed by atoms with van der Waals surface area (Å²) >= 11 is 0. The highest BCUT2D eigenvalue weighted by atomic mass is 19.4. The highest BCUT2D eigenvalue weighted by Gasteiger charge is 2.30. The molecule has 1 aromatic rings. The van der Waals surface area contributed by atoms with Crippen LogP contribution in [0.5, 0.6) is 0 Å². The molecule has 2 rings (SSSR count). The summed E-state index contributed by atoms with van der Waals surface area (Å²) in [6, 6.07) is 5.57. The van der Waals surface area contributed by atoms with Crippen LogP contribution in [0.2, 0.25) is 0 Å². The molecule has 0 aromatic heterocycles. The molecule has 0 radical (unpaired) electrons. The molecule has 1 aliphatic rings. The molecule has 1 aliphatic heterocycles. The Morgan fingerprint density at radius 3 is 2.76 bits per heavy atom. The Morgan fingerprint density at radius 2 is 2.12 bits per heavy atom. The molecule has 5 heteroatoms. The Morgan fingerprint density at radius 1 is 1.29 bits per heavy atom. The number of hydrogen-bond donors (Lipinski definition) is 2. The van der Waals surface area contributed by atoms with Crippen LogP contribution < -0.4 is 10.6 Å². The first-order valence-electron chi connectivity index (χ1n) is 5.70. The van der Waals surface area contributed by atoms with Gasteiger partial charge in [-0.2, -0.15) is 13.2 Å². The average molecular weight is 244 g/mol. The van der Waals surface area contributed by atoms with Gasteiger partial charge in [0.2, 0.25) is 0 Å². The molecular weight excluding hydrogens is 229 g/mol. The molecule has 0 aliphatic carbocycles. The molecular formula is C12H15F3N2. The summed E-state index contributed by atoms with van der Waals surface area (Å²) in [6.45, 7) is 1.79. The molecule has 2 N–H and O–H groups in total. The summed E-state index contributed by atoms with van der Waals surface area (Å²) < 4.78 is 37.5. The van der Waals surface area contributed by atoms with Crippen molar-refractivity contribution in [2.75, 3.05) is 18.4 Å². The van der Waals surface area contributed by atoms with Crippen molar-refractivity contribution in [1.82, 2.24) is 5.32 Å². The maximum absolute atomic E-state index is 12.5. The smallest absolute Gasteiger partial charge is 0.381 e. The molecule has 94 valence electrons. The third-order valence-corrected chi connectivity index (χ3v) is 2.86. The molecule has 1 unspecified atom stereocenters. The van der Waals surface area contributed by atoms with Gasteiger partial charge in [-0.1, -0.05) is 6.07 Å². The second kappa shape index (κ2) is 4.96. The SMILES string of the molecule is FC(F)(F)c1cccc(NC2CCCNC2)c1. The summed E-state index contributed by atoms with van der Waals surface area (Å²) in [5, 5.41) is 6.35. The van der Waals surface area contributed by atoms with Gasteiger partial charge in [-0.15, -0.1) is 0 Å².